The third kappa shape index (κ3) is 5.36. The molecule has 0 aromatic rings. The maximum absolute atomic E-state index is 5.73. The molecule has 0 aromatic carbocycles. The molecule has 0 heterocycles. The van der Waals surface area contributed by atoms with Crippen molar-refractivity contribution >= 4 is 0 Å². The Balaban J connectivity index is 4.52. The first kappa shape index (κ1) is 16.9. The SMILES string of the molecule is CCCOCC(NCC)C(C)(C)N(CC)CC. The molecule has 3 nitrogen and oxygen atoms in total. The summed E-state index contributed by atoms with van der Waals surface area (Å²) < 4.78 is 5.73. The molecule has 0 saturated heterocycles. The second-order valence-electron chi connectivity index (χ2n) is 5.01. The number of nitrogens with one attached hydrogen (secondary N) is 1. The Bertz CT molecular complexity index is 179. The monoisotopic (exact) mass is 244 g/mol. The van der Waals surface area contributed by atoms with Gasteiger partial charge in [-0.15, -0.1) is 0 Å². The summed E-state index contributed by atoms with van der Waals surface area (Å²) in [6.45, 7) is 18.2. The van der Waals surface area contributed by atoms with E-state index in [2.05, 4.69) is 51.8 Å². The van der Waals surface area contributed by atoms with Crippen molar-refractivity contribution in [1.82, 2.24) is 10.2 Å². The summed E-state index contributed by atoms with van der Waals surface area (Å²) in [5, 5.41) is 3.56. The molecule has 3 heteroatoms. The van der Waals surface area contributed by atoms with Crippen molar-refractivity contribution in [3.63, 3.8) is 0 Å². The summed E-state index contributed by atoms with van der Waals surface area (Å²) in [5.41, 5.74) is 0.132. The van der Waals surface area contributed by atoms with Crippen molar-refractivity contribution in [1.29, 1.82) is 0 Å². The quantitative estimate of drug-likeness (QED) is 0.598. The predicted molar refractivity (Wildman–Crippen MR) is 75.6 cm³/mol. The number of hydrogen-bond donors (Lipinski definition) is 1. The van der Waals surface area contributed by atoms with Crippen molar-refractivity contribution in [2.45, 2.75) is 59.5 Å². The standard InChI is InChI=1S/C14H32N2O/c1-7-11-17-12-13(15-8-2)14(5,6)16(9-3)10-4/h13,15H,7-12H2,1-6H3. The fraction of sp³-hybridized carbons (Fsp3) is 1.00. The summed E-state index contributed by atoms with van der Waals surface area (Å²) in [4.78, 5) is 2.50. The summed E-state index contributed by atoms with van der Waals surface area (Å²) in [6.07, 6.45) is 1.09. The molecule has 0 radical (unpaired) electrons. The van der Waals surface area contributed by atoms with Gasteiger partial charge in [0.15, 0.2) is 0 Å². The maximum Gasteiger partial charge on any atom is 0.0637 e. The van der Waals surface area contributed by atoms with Crippen molar-refractivity contribution in [3.05, 3.63) is 0 Å². The molecule has 1 atom stereocenters. The summed E-state index contributed by atoms with van der Waals surface area (Å²) in [7, 11) is 0. The molecule has 0 amide bonds. The topological polar surface area (TPSA) is 24.5 Å². The molecule has 0 aliphatic rings. The number of hydrogen-bond acceptors (Lipinski definition) is 3. The minimum absolute atomic E-state index is 0.132. The molecule has 0 saturated carbocycles. The Morgan fingerprint density at radius 3 is 2.12 bits per heavy atom. The Hall–Kier alpha value is -0.120. The van der Waals surface area contributed by atoms with Gasteiger partial charge in [-0.3, -0.25) is 4.90 Å². The molecule has 0 aliphatic carbocycles. The first-order valence-corrected chi connectivity index (χ1v) is 7.10. The van der Waals surface area contributed by atoms with E-state index in [1.807, 2.05) is 0 Å². The van der Waals surface area contributed by atoms with Gasteiger partial charge in [-0.1, -0.05) is 27.7 Å². The van der Waals surface area contributed by atoms with Gasteiger partial charge in [-0.25, -0.2) is 0 Å². The molecule has 0 rings (SSSR count). The highest BCUT2D eigenvalue weighted by molar-refractivity contribution is 4.92. The van der Waals surface area contributed by atoms with Crippen LogP contribution in [0.25, 0.3) is 0 Å². The van der Waals surface area contributed by atoms with Crippen LogP contribution >= 0.6 is 0 Å². The fourth-order valence-electron chi connectivity index (χ4n) is 2.36. The predicted octanol–water partition coefficient (Wildman–Crippen LogP) is 2.51. The van der Waals surface area contributed by atoms with Crippen LogP contribution in [-0.4, -0.2) is 49.3 Å². The first-order chi connectivity index (χ1) is 8.04. The van der Waals surface area contributed by atoms with Crippen molar-refractivity contribution < 1.29 is 4.74 Å². The van der Waals surface area contributed by atoms with Gasteiger partial charge in [0.2, 0.25) is 0 Å². The van der Waals surface area contributed by atoms with Gasteiger partial charge in [0.1, 0.15) is 0 Å². The highest BCUT2D eigenvalue weighted by Crippen LogP contribution is 2.19. The Kier molecular flexibility index (Phi) is 8.83. The van der Waals surface area contributed by atoms with Crippen LogP contribution in [0.5, 0.6) is 0 Å². The van der Waals surface area contributed by atoms with Crippen LogP contribution < -0.4 is 5.32 Å². The summed E-state index contributed by atoms with van der Waals surface area (Å²) in [5.74, 6) is 0. The van der Waals surface area contributed by atoms with Gasteiger partial charge in [0.25, 0.3) is 0 Å². The van der Waals surface area contributed by atoms with Crippen LogP contribution in [0.15, 0.2) is 0 Å². The lowest BCUT2D eigenvalue weighted by Gasteiger charge is -2.43. The van der Waals surface area contributed by atoms with Gasteiger partial charge in [0, 0.05) is 18.2 Å². The van der Waals surface area contributed by atoms with Crippen LogP contribution in [0.3, 0.4) is 0 Å². The largest absolute Gasteiger partial charge is 0.380 e. The molecule has 104 valence electrons. The molecule has 1 unspecified atom stereocenters. The molecule has 1 N–H and O–H groups in total. The molecule has 0 spiro atoms. The van der Waals surface area contributed by atoms with Gasteiger partial charge in [-0.2, -0.15) is 0 Å². The smallest absolute Gasteiger partial charge is 0.0637 e. The Morgan fingerprint density at radius 1 is 1.12 bits per heavy atom. The van der Waals surface area contributed by atoms with E-state index in [-0.39, 0.29) is 5.54 Å². The van der Waals surface area contributed by atoms with Crippen LogP contribution in [0.4, 0.5) is 0 Å². The molecule has 0 aromatic heterocycles. The number of rotatable bonds is 10. The Morgan fingerprint density at radius 2 is 1.71 bits per heavy atom. The van der Waals surface area contributed by atoms with E-state index in [0.717, 1.165) is 39.3 Å². The molecule has 17 heavy (non-hydrogen) atoms. The van der Waals surface area contributed by atoms with Gasteiger partial charge >= 0.3 is 0 Å². The van der Waals surface area contributed by atoms with Crippen LogP contribution in [0.1, 0.15) is 48.0 Å². The van der Waals surface area contributed by atoms with Gasteiger partial charge < -0.3 is 10.1 Å². The number of likely N-dealkylation sites (N-methyl/N-ethyl adjacent to an activating group) is 2. The zero-order valence-corrected chi connectivity index (χ0v) is 12.7. The average molecular weight is 244 g/mol. The highest BCUT2D eigenvalue weighted by atomic mass is 16.5. The van der Waals surface area contributed by atoms with Crippen LogP contribution in [0.2, 0.25) is 0 Å². The second-order valence-corrected chi connectivity index (χ2v) is 5.01. The zero-order chi connectivity index (χ0) is 13.3. The molecular formula is C14H32N2O. The normalized spacial score (nSPS) is 14.3. The van der Waals surface area contributed by atoms with E-state index in [0.29, 0.717) is 6.04 Å². The number of nitrogens with zero attached hydrogens (tertiary/aromatic N) is 1. The maximum atomic E-state index is 5.73. The minimum atomic E-state index is 0.132. The van der Waals surface area contributed by atoms with E-state index in [1.54, 1.807) is 0 Å². The highest BCUT2D eigenvalue weighted by Gasteiger charge is 2.33. The second kappa shape index (κ2) is 8.90. The van der Waals surface area contributed by atoms with Crippen LogP contribution in [0, 0.1) is 0 Å². The lowest BCUT2D eigenvalue weighted by atomic mass is 9.92. The van der Waals surface area contributed by atoms with Gasteiger partial charge in [-0.05, 0) is 39.9 Å². The third-order valence-electron chi connectivity index (χ3n) is 3.51. The average Bonchev–Trinajstić information content (AvgIpc) is 2.29. The molecule has 0 fully saturated rings. The third-order valence-corrected chi connectivity index (χ3v) is 3.51. The van der Waals surface area contributed by atoms with Crippen molar-refractivity contribution in [3.8, 4) is 0 Å². The minimum Gasteiger partial charge on any atom is -0.380 e. The van der Waals surface area contributed by atoms with Gasteiger partial charge in [0.05, 0.1) is 6.61 Å². The summed E-state index contributed by atoms with van der Waals surface area (Å²) in [6, 6.07) is 0.388. The van der Waals surface area contributed by atoms with Crippen LogP contribution in [-0.2, 0) is 4.74 Å². The lowest BCUT2D eigenvalue weighted by molar-refractivity contribution is 0.0306. The van der Waals surface area contributed by atoms with E-state index >= 15 is 0 Å². The molecule has 0 aliphatic heterocycles. The van der Waals surface area contributed by atoms with E-state index in [4.69, 9.17) is 4.74 Å². The first-order valence-electron chi connectivity index (χ1n) is 7.10. The van der Waals surface area contributed by atoms with Crippen molar-refractivity contribution in [2.75, 3.05) is 32.8 Å². The Labute approximate surface area is 108 Å². The lowest BCUT2D eigenvalue weighted by Crippen LogP contribution is -2.59. The zero-order valence-electron chi connectivity index (χ0n) is 12.7. The summed E-state index contributed by atoms with van der Waals surface area (Å²) >= 11 is 0. The van der Waals surface area contributed by atoms with E-state index in [1.165, 1.54) is 0 Å². The fourth-order valence-corrected chi connectivity index (χ4v) is 2.36. The van der Waals surface area contributed by atoms with E-state index in [9.17, 15) is 0 Å². The number of ether oxygens (including phenoxy) is 1. The molecular weight excluding hydrogens is 212 g/mol. The van der Waals surface area contributed by atoms with E-state index < -0.39 is 0 Å². The molecule has 0 bridgehead atoms. The van der Waals surface area contributed by atoms with Crippen molar-refractivity contribution in [2.24, 2.45) is 0 Å².